The van der Waals surface area contributed by atoms with Gasteiger partial charge in [-0.25, -0.2) is 4.79 Å². The van der Waals surface area contributed by atoms with E-state index >= 15 is 0 Å². The molecular formula is C4H8O3S3. The van der Waals surface area contributed by atoms with E-state index in [2.05, 4.69) is 4.74 Å². The van der Waals surface area contributed by atoms with Gasteiger partial charge in [-0.1, -0.05) is 10.8 Å². The lowest BCUT2D eigenvalue weighted by Crippen LogP contribution is -1.86. The molecule has 0 aliphatic carbocycles. The Bertz CT molecular complexity index is 97.7. The number of rotatable bonds is 4. The molecule has 0 aromatic heterocycles. The number of carbonyl (C=O) groups is 1. The Kier molecular flexibility index (Phi) is 7.95. The summed E-state index contributed by atoms with van der Waals surface area (Å²) in [7, 11) is 5.10. The van der Waals surface area contributed by atoms with Crippen LogP contribution in [0.5, 0.6) is 0 Å². The van der Waals surface area contributed by atoms with Gasteiger partial charge in [-0.2, -0.15) is 0 Å². The van der Waals surface area contributed by atoms with Crippen molar-refractivity contribution < 1.29 is 14.6 Å². The summed E-state index contributed by atoms with van der Waals surface area (Å²) in [5.74, 6) is 0.634. The van der Waals surface area contributed by atoms with E-state index in [0.717, 1.165) is 10.8 Å². The SMILES string of the molecule is COC(=O)SSSCCO. The minimum atomic E-state index is -0.310. The van der Waals surface area contributed by atoms with E-state index in [9.17, 15) is 4.79 Å². The molecule has 3 nitrogen and oxygen atoms in total. The molecule has 0 amide bonds. The maximum atomic E-state index is 10.4. The monoisotopic (exact) mass is 200 g/mol. The molecule has 0 aliphatic heterocycles. The predicted molar refractivity (Wildman–Crippen MR) is 47.1 cm³/mol. The van der Waals surface area contributed by atoms with Gasteiger partial charge in [0.25, 0.3) is 0 Å². The van der Waals surface area contributed by atoms with Crippen LogP contribution in [0, 0.1) is 0 Å². The fraction of sp³-hybridized carbons (Fsp3) is 0.750. The largest absolute Gasteiger partial charge is 0.460 e. The number of aliphatic hydroxyl groups is 1. The van der Waals surface area contributed by atoms with Crippen LogP contribution in [-0.2, 0) is 4.74 Å². The highest BCUT2D eigenvalue weighted by molar-refractivity contribution is 9.12. The van der Waals surface area contributed by atoms with E-state index in [4.69, 9.17) is 5.11 Å². The Morgan fingerprint density at radius 1 is 1.70 bits per heavy atom. The van der Waals surface area contributed by atoms with Gasteiger partial charge >= 0.3 is 5.30 Å². The van der Waals surface area contributed by atoms with Gasteiger partial charge in [0.1, 0.15) is 0 Å². The summed E-state index contributed by atoms with van der Waals surface area (Å²) in [4.78, 5) is 10.4. The van der Waals surface area contributed by atoms with Gasteiger partial charge in [0.2, 0.25) is 0 Å². The third kappa shape index (κ3) is 6.60. The second kappa shape index (κ2) is 7.59. The summed E-state index contributed by atoms with van der Waals surface area (Å²) in [5, 5.41) is 8.02. The molecule has 6 heteroatoms. The molecule has 0 aromatic rings. The van der Waals surface area contributed by atoms with Crippen molar-refractivity contribution in [2.45, 2.75) is 0 Å². The topological polar surface area (TPSA) is 46.5 Å². The highest BCUT2D eigenvalue weighted by Crippen LogP contribution is 2.34. The molecule has 0 saturated carbocycles. The number of ether oxygens (including phenoxy) is 1. The summed E-state index contributed by atoms with van der Waals surface area (Å²) >= 11 is 0. The van der Waals surface area contributed by atoms with Crippen LogP contribution in [0.3, 0.4) is 0 Å². The Morgan fingerprint density at radius 3 is 2.90 bits per heavy atom. The first-order valence-corrected chi connectivity index (χ1v) is 6.11. The normalized spacial score (nSPS) is 9.40. The zero-order chi connectivity index (χ0) is 7.82. The number of aliphatic hydroxyl groups excluding tert-OH is 1. The first kappa shape index (κ1) is 10.5. The van der Waals surface area contributed by atoms with Crippen molar-refractivity contribution in [3.05, 3.63) is 0 Å². The molecule has 0 spiro atoms. The molecule has 1 N–H and O–H groups in total. The summed E-state index contributed by atoms with van der Waals surface area (Å²) in [6.07, 6.45) is 0. The van der Waals surface area contributed by atoms with E-state index in [1.54, 1.807) is 0 Å². The maximum Gasteiger partial charge on any atom is 0.378 e. The Labute approximate surface area is 71.1 Å². The third-order valence-electron chi connectivity index (χ3n) is 0.491. The van der Waals surface area contributed by atoms with E-state index in [1.807, 2.05) is 0 Å². The van der Waals surface area contributed by atoms with Gasteiger partial charge in [-0.3, -0.25) is 0 Å². The quantitative estimate of drug-likeness (QED) is 0.424. The zero-order valence-corrected chi connectivity index (χ0v) is 7.85. The van der Waals surface area contributed by atoms with Crippen molar-refractivity contribution in [2.24, 2.45) is 0 Å². The fourth-order valence-corrected chi connectivity index (χ4v) is 2.96. The Morgan fingerprint density at radius 2 is 2.40 bits per heavy atom. The van der Waals surface area contributed by atoms with Gasteiger partial charge in [-0.15, -0.1) is 0 Å². The van der Waals surface area contributed by atoms with Crippen molar-refractivity contribution in [1.82, 2.24) is 0 Å². The molecule has 0 fully saturated rings. The molecule has 0 saturated heterocycles. The van der Waals surface area contributed by atoms with E-state index in [0.29, 0.717) is 5.75 Å². The molecule has 0 bridgehead atoms. The van der Waals surface area contributed by atoms with Crippen LogP contribution in [-0.4, -0.2) is 29.9 Å². The molecule has 10 heavy (non-hydrogen) atoms. The fourth-order valence-electron chi connectivity index (χ4n) is 0.157. The van der Waals surface area contributed by atoms with Crippen LogP contribution in [0.1, 0.15) is 0 Å². The number of carbonyl (C=O) groups excluding carboxylic acids is 1. The lowest BCUT2D eigenvalue weighted by molar-refractivity contribution is 0.200. The highest BCUT2D eigenvalue weighted by atomic mass is 33.5. The van der Waals surface area contributed by atoms with E-state index in [-0.39, 0.29) is 11.9 Å². The number of methoxy groups -OCH3 is 1. The summed E-state index contributed by atoms with van der Waals surface area (Å²) in [6, 6.07) is 0. The lowest BCUT2D eigenvalue weighted by Gasteiger charge is -1.95. The van der Waals surface area contributed by atoms with Gasteiger partial charge in [0.15, 0.2) is 0 Å². The average molecular weight is 200 g/mol. The summed E-state index contributed by atoms with van der Waals surface area (Å²) < 4.78 is 4.36. The van der Waals surface area contributed by atoms with Crippen LogP contribution in [0.15, 0.2) is 0 Å². The van der Waals surface area contributed by atoms with Crippen LogP contribution >= 0.6 is 31.4 Å². The van der Waals surface area contributed by atoms with Crippen LogP contribution in [0.2, 0.25) is 0 Å². The van der Waals surface area contributed by atoms with Crippen LogP contribution in [0.25, 0.3) is 0 Å². The minimum absolute atomic E-state index is 0.138. The molecule has 0 rings (SSSR count). The molecule has 0 atom stereocenters. The molecule has 60 valence electrons. The Balaban J connectivity index is 2.96. The van der Waals surface area contributed by atoms with Crippen molar-refractivity contribution in [2.75, 3.05) is 19.5 Å². The summed E-state index contributed by atoms with van der Waals surface area (Å²) in [5.41, 5.74) is 0. The van der Waals surface area contributed by atoms with Crippen molar-refractivity contribution in [3.8, 4) is 0 Å². The third-order valence-corrected chi connectivity index (χ3v) is 4.19. The standard InChI is InChI=1S/C4H8O3S3/c1-7-4(6)9-10-8-3-2-5/h5H,2-3H2,1H3. The second-order valence-electron chi connectivity index (χ2n) is 1.15. The van der Waals surface area contributed by atoms with Gasteiger partial charge in [0.05, 0.1) is 13.7 Å². The van der Waals surface area contributed by atoms with Crippen molar-refractivity contribution >= 4 is 36.7 Å². The first-order chi connectivity index (χ1) is 4.81. The van der Waals surface area contributed by atoms with Crippen LogP contribution in [0.4, 0.5) is 4.79 Å². The summed E-state index contributed by atoms with van der Waals surface area (Å²) in [6.45, 7) is 0.138. The van der Waals surface area contributed by atoms with Gasteiger partial charge in [-0.05, 0) is 9.83 Å². The van der Waals surface area contributed by atoms with Gasteiger partial charge < -0.3 is 9.84 Å². The van der Waals surface area contributed by atoms with Crippen molar-refractivity contribution in [3.63, 3.8) is 0 Å². The predicted octanol–water partition coefficient (Wildman–Crippen LogP) is 1.77. The smallest absolute Gasteiger partial charge is 0.378 e. The molecule has 0 heterocycles. The molecule has 0 aromatic carbocycles. The first-order valence-electron chi connectivity index (χ1n) is 2.46. The molecule has 0 unspecified atom stereocenters. The van der Waals surface area contributed by atoms with Crippen LogP contribution < -0.4 is 0 Å². The highest BCUT2D eigenvalue weighted by Gasteiger charge is 2.00. The maximum absolute atomic E-state index is 10.4. The number of hydrogen-bond donors (Lipinski definition) is 1. The molecular weight excluding hydrogens is 192 g/mol. The van der Waals surface area contributed by atoms with Crippen molar-refractivity contribution in [1.29, 1.82) is 0 Å². The zero-order valence-electron chi connectivity index (χ0n) is 5.40. The molecule has 0 radical (unpaired) electrons. The van der Waals surface area contributed by atoms with E-state index in [1.165, 1.54) is 27.7 Å². The lowest BCUT2D eigenvalue weighted by atomic mass is 10.9. The minimum Gasteiger partial charge on any atom is -0.460 e. The Hall–Kier alpha value is 0.480. The average Bonchev–Trinajstić information content (AvgIpc) is 1.98. The van der Waals surface area contributed by atoms with Gasteiger partial charge in [0, 0.05) is 16.5 Å². The molecule has 0 aliphatic rings. The second-order valence-corrected chi connectivity index (χ2v) is 5.27. The number of hydrogen-bond acceptors (Lipinski definition) is 6. The van der Waals surface area contributed by atoms with E-state index < -0.39 is 0 Å².